The second kappa shape index (κ2) is 5.49. The van der Waals surface area contributed by atoms with Gasteiger partial charge in [-0.15, -0.1) is 0 Å². The molecular formula is C16H20N2O2. The highest BCUT2D eigenvalue weighted by atomic mass is 16.4. The van der Waals surface area contributed by atoms with Gasteiger partial charge in [0, 0.05) is 0 Å². The van der Waals surface area contributed by atoms with E-state index in [4.69, 9.17) is 0 Å². The summed E-state index contributed by atoms with van der Waals surface area (Å²) in [6, 6.07) is 5.99. The first-order chi connectivity index (χ1) is 9.41. The fourth-order valence-corrected chi connectivity index (χ4v) is 2.31. The topological polar surface area (TPSA) is 55.1 Å². The maximum absolute atomic E-state index is 11.3. The van der Waals surface area contributed by atoms with Crippen LogP contribution in [-0.4, -0.2) is 20.9 Å². The zero-order valence-corrected chi connectivity index (χ0v) is 12.3. The SMILES string of the molecule is Cc1cccc(-n2ncc(C(=O)O)c2CC(C)C)c1C. The normalized spacial score (nSPS) is 11.1. The molecule has 1 aromatic heterocycles. The molecule has 2 rings (SSSR count). The maximum Gasteiger partial charge on any atom is 0.339 e. The summed E-state index contributed by atoms with van der Waals surface area (Å²) in [5.74, 6) is -0.550. The van der Waals surface area contributed by atoms with Gasteiger partial charge >= 0.3 is 5.97 Å². The molecule has 106 valence electrons. The van der Waals surface area contributed by atoms with E-state index in [2.05, 4.69) is 18.9 Å². The van der Waals surface area contributed by atoms with Gasteiger partial charge in [-0.3, -0.25) is 0 Å². The van der Waals surface area contributed by atoms with Gasteiger partial charge in [-0.1, -0.05) is 26.0 Å². The van der Waals surface area contributed by atoms with Crippen LogP contribution in [0.25, 0.3) is 5.69 Å². The van der Waals surface area contributed by atoms with E-state index in [1.807, 2.05) is 32.0 Å². The third-order valence-electron chi connectivity index (χ3n) is 3.51. The molecular weight excluding hydrogens is 252 g/mol. The zero-order chi connectivity index (χ0) is 14.9. The molecule has 4 heteroatoms. The third-order valence-corrected chi connectivity index (χ3v) is 3.51. The molecule has 0 aliphatic heterocycles. The summed E-state index contributed by atoms with van der Waals surface area (Å²) >= 11 is 0. The zero-order valence-electron chi connectivity index (χ0n) is 12.3. The Kier molecular flexibility index (Phi) is 3.93. The quantitative estimate of drug-likeness (QED) is 0.928. The van der Waals surface area contributed by atoms with Crippen LogP contribution in [0.5, 0.6) is 0 Å². The van der Waals surface area contributed by atoms with E-state index in [1.165, 1.54) is 11.8 Å². The molecule has 0 aliphatic carbocycles. The Bertz CT molecular complexity index is 642. The molecule has 2 aromatic rings. The van der Waals surface area contributed by atoms with Crippen molar-refractivity contribution in [1.29, 1.82) is 0 Å². The molecule has 0 atom stereocenters. The van der Waals surface area contributed by atoms with Crippen molar-refractivity contribution >= 4 is 5.97 Å². The highest BCUT2D eigenvalue weighted by Gasteiger charge is 2.19. The lowest BCUT2D eigenvalue weighted by atomic mass is 10.0. The number of rotatable bonds is 4. The van der Waals surface area contributed by atoms with Crippen molar-refractivity contribution in [3.05, 3.63) is 46.8 Å². The predicted octanol–water partition coefficient (Wildman–Crippen LogP) is 3.39. The van der Waals surface area contributed by atoms with Crippen molar-refractivity contribution < 1.29 is 9.90 Å². The molecule has 4 nitrogen and oxygen atoms in total. The molecule has 1 N–H and O–H groups in total. The Morgan fingerprint density at radius 2 is 2.05 bits per heavy atom. The lowest BCUT2D eigenvalue weighted by Crippen LogP contribution is -2.10. The molecule has 1 aromatic carbocycles. The van der Waals surface area contributed by atoms with Crippen molar-refractivity contribution in [2.24, 2.45) is 5.92 Å². The maximum atomic E-state index is 11.3. The second-order valence-corrected chi connectivity index (χ2v) is 5.54. The number of nitrogens with zero attached hydrogens (tertiary/aromatic N) is 2. The highest BCUT2D eigenvalue weighted by Crippen LogP contribution is 2.22. The summed E-state index contributed by atoms with van der Waals surface area (Å²) in [7, 11) is 0. The van der Waals surface area contributed by atoms with Crippen molar-refractivity contribution in [3.63, 3.8) is 0 Å². The van der Waals surface area contributed by atoms with Crippen LogP contribution in [-0.2, 0) is 6.42 Å². The summed E-state index contributed by atoms with van der Waals surface area (Å²) in [4.78, 5) is 11.3. The van der Waals surface area contributed by atoms with Crippen LogP contribution in [0.3, 0.4) is 0 Å². The van der Waals surface area contributed by atoms with Crippen LogP contribution in [0, 0.1) is 19.8 Å². The van der Waals surface area contributed by atoms with Gasteiger partial charge in [-0.05, 0) is 43.4 Å². The minimum absolute atomic E-state index is 0.291. The second-order valence-electron chi connectivity index (χ2n) is 5.54. The molecule has 0 saturated carbocycles. The molecule has 0 radical (unpaired) electrons. The Labute approximate surface area is 119 Å². The van der Waals surface area contributed by atoms with Crippen LogP contribution < -0.4 is 0 Å². The Hall–Kier alpha value is -2.10. The molecule has 20 heavy (non-hydrogen) atoms. The van der Waals surface area contributed by atoms with Gasteiger partial charge in [-0.2, -0.15) is 5.10 Å². The number of carboxylic acids is 1. The molecule has 0 spiro atoms. The summed E-state index contributed by atoms with van der Waals surface area (Å²) < 4.78 is 1.77. The lowest BCUT2D eigenvalue weighted by Gasteiger charge is -2.14. The average Bonchev–Trinajstić information content (AvgIpc) is 2.75. The smallest absolute Gasteiger partial charge is 0.339 e. The Morgan fingerprint density at radius 3 is 2.65 bits per heavy atom. The van der Waals surface area contributed by atoms with E-state index in [0.717, 1.165) is 16.9 Å². The molecule has 0 saturated heterocycles. The van der Waals surface area contributed by atoms with Crippen LogP contribution in [0.2, 0.25) is 0 Å². The van der Waals surface area contributed by atoms with Gasteiger partial charge in [0.05, 0.1) is 17.6 Å². The standard InChI is InChI=1S/C16H20N2O2/c1-10(2)8-15-13(16(19)20)9-17-18(15)14-7-5-6-11(3)12(14)4/h5-7,9-10H,8H2,1-4H3,(H,19,20). The number of aryl methyl sites for hydroxylation is 1. The first kappa shape index (κ1) is 14.3. The number of benzene rings is 1. The number of carboxylic acid groups (broad SMARTS) is 1. The van der Waals surface area contributed by atoms with E-state index < -0.39 is 5.97 Å². The first-order valence-corrected chi connectivity index (χ1v) is 6.78. The van der Waals surface area contributed by atoms with Gasteiger partial charge in [0.2, 0.25) is 0 Å². The van der Waals surface area contributed by atoms with Gasteiger partial charge < -0.3 is 5.11 Å². The summed E-state index contributed by atoms with van der Waals surface area (Å²) in [5.41, 5.74) is 4.30. The van der Waals surface area contributed by atoms with Crippen LogP contribution in [0.15, 0.2) is 24.4 Å². The van der Waals surface area contributed by atoms with Gasteiger partial charge in [0.25, 0.3) is 0 Å². The van der Waals surface area contributed by atoms with Crippen LogP contribution >= 0.6 is 0 Å². The molecule has 1 heterocycles. The fourth-order valence-electron chi connectivity index (χ4n) is 2.31. The fraction of sp³-hybridized carbons (Fsp3) is 0.375. The molecule has 0 amide bonds. The monoisotopic (exact) mass is 272 g/mol. The summed E-state index contributed by atoms with van der Waals surface area (Å²) in [6.45, 7) is 8.23. The molecule has 0 fully saturated rings. The molecule has 0 bridgehead atoms. The summed E-state index contributed by atoms with van der Waals surface area (Å²) in [5, 5.41) is 13.6. The Morgan fingerprint density at radius 1 is 1.35 bits per heavy atom. The van der Waals surface area contributed by atoms with Crippen molar-refractivity contribution in [2.75, 3.05) is 0 Å². The average molecular weight is 272 g/mol. The largest absolute Gasteiger partial charge is 0.478 e. The van der Waals surface area contributed by atoms with E-state index >= 15 is 0 Å². The van der Waals surface area contributed by atoms with Crippen molar-refractivity contribution in [3.8, 4) is 5.69 Å². The van der Waals surface area contributed by atoms with E-state index in [0.29, 0.717) is 17.9 Å². The lowest BCUT2D eigenvalue weighted by molar-refractivity contribution is 0.0695. The van der Waals surface area contributed by atoms with Gasteiger partial charge in [0.15, 0.2) is 0 Å². The highest BCUT2D eigenvalue weighted by molar-refractivity contribution is 5.88. The third kappa shape index (κ3) is 2.59. The van der Waals surface area contributed by atoms with Crippen molar-refractivity contribution in [2.45, 2.75) is 34.1 Å². The minimum atomic E-state index is -0.919. The predicted molar refractivity (Wildman–Crippen MR) is 78.5 cm³/mol. The van der Waals surface area contributed by atoms with Gasteiger partial charge in [0.1, 0.15) is 5.56 Å². The van der Waals surface area contributed by atoms with E-state index in [1.54, 1.807) is 4.68 Å². The van der Waals surface area contributed by atoms with Gasteiger partial charge in [-0.25, -0.2) is 9.48 Å². The number of aromatic carboxylic acids is 1. The first-order valence-electron chi connectivity index (χ1n) is 6.78. The Balaban J connectivity index is 2.62. The van der Waals surface area contributed by atoms with Crippen LogP contribution in [0.4, 0.5) is 0 Å². The minimum Gasteiger partial charge on any atom is -0.478 e. The van der Waals surface area contributed by atoms with Crippen LogP contribution in [0.1, 0.15) is 41.0 Å². The van der Waals surface area contributed by atoms with Crippen molar-refractivity contribution in [1.82, 2.24) is 9.78 Å². The summed E-state index contributed by atoms with van der Waals surface area (Å²) in [6.07, 6.45) is 2.14. The van der Waals surface area contributed by atoms with E-state index in [-0.39, 0.29) is 0 Å². The number of hydrogen-bond donors (Lipinski definition) is 1. The molecule has 0 unspecified atom stereocenters. The number of carbonyl (C=O) groups is 1. The number of hydrogen-bond acceptors (Lipinski definition) is 2. The van der Waals surface area contributed by atoms with E-state index in [9.17, 15) is 9.90 Å². The number of aromatic nitrogens is 2. The molecule has 0 aliphatic rings.